The van der Waals surface area contributed by atoms with Crippen LogP contribution in [0.1, 0.15) is 26.7 Å². The molecule has 0 N–H and O–H groups in total. The van der Waals surface area contributed by atoms with Gasteiger partial charge in [-0.3, -0.25) is 9.39 Å². The maximum absolute atomic E-state index is 4.87. The van der Waals surface area contributed by atoms with Crippen molar-refractivity contribution in [2.24, 2.45) is 10.9 Å². The zero-order chi connectivity index (χ0) is 20.7. The van der Waals surface area contributed by atoms with Crippen molar-refractivity contribution in [3.63, 3.8) is 0 Å². The van der Waals surface area contributed by atoms with Gasteiger partial charge >= 0.3 is 0 Å². The molecule has 0 aromatic carbocycles. The van der Waals surface area contributed by atoms with E-state index in [4.69, 9.17) is 9.98 Å². The van der Waals surface area contributed by atoms with Crippen molar-refractivity contribution in [1.29, 1.82) is 0 Å². The van der Waals surface area contributed by atoms with Crippen molar-refractivity contribution in [2.75, 3.05) is 18.0 Å². The minimum absolute atomic E-state index is 0.490. The number of halogens is 1. The Kier molecular flexibility index (Phi) is 4.94. The minimum atomic E-state index is 0.490. The van der Waals surface area contributed by atoms with E-state index >= 15 is 0 Å². The van der Waals surface area contributed by atoms with Gasteiger partial charge in [0.2, 0.25) is 0 Å². The number of anilines is 1. The summed E-state index contributed by atoms with van der Waals surface area (Å²) in [6, 6.07) is 1.97. The number of hydrogen-bond donors (Lipinski definition) is 0. The highest BCUT2D eigenvalue weighted by Gasteiger charge is 2.21. The van der Waals surface area contributed by atoms with E-state index in [1.54, 1.807) is 12.4 Å². The van der Waals surface area contributed by atoms with Gasteiger partial charge in [-0.15, -0.1) is 0 Å². The summed E-state index contributed by atoms with van der Waals surface area (Å²) in [6.07, 6.45) is 13.7. The molecular weight excluding hydrogens is 442 g/mol. The van der Waals surface area contributed by atoms with Gasteiger partial charge < -0.3 is 4.90 Å². The van der Waals surface area contributed by atoms with Crippen molar-refractivity contribution < 1.29 is 0 Å². The zero-order valence-electron chi connectivity index (χ0n) is 17.0. The summed E-state index contributed by atoms with van der Waals surface area (Å²) in [5, 5.41) is 0. The second-order valence-electron chi connectivity index (χ2n) is 7.81. The van der Waals surface area contributed by atoms with Crippen molar-refractivity contribution in [3.8, 4) is 11.5 Å². The topological polar surface area (TPSA) is 71.6 Å². The molecule has 2 aliphatic rings. The first-order valence-electron chi connectivity index (χ1n) is 10.1. The van der Waals surface area contributed by atoms with E-state index in [2.05, 4.69) is 61.8 Å². The Morgan fingerprint density at radius 2 is 2.00 bits per heavy atom. The quantitative estimate of drug-likeness (QED) is 0.570. The summed E-state index contributed by atoms with van der Waals surface area (Å²) >= 11 is 3.42. The fourth-order valence-electron chi connectivity index (χ4n) is 3.82. The van der Waals surface area contributed by atoms with Crippen LogP contribution >= 0.6 is 15.9 Å². The first kappa shape index (κ1) is 19.1. The number of imidazole rings is 1. The molecule has 0 atom stereocenters. The predicted octanol–water partition coefficient (Wildman–Crippen LogP) is 4.47. The van der Waals surface area contributed by atoms with E-state index in [1.807, 2.05) is 22.9 Å². The maximum atomic E-state index is 4.87. The lowest BCUT2D eigenvalue weighted by Gasteiger charge is -2.28. The molecule has 0 saturated heterocycles. The van der Waals surface area contributed by atoms with Crippen LogP contribution in [-0.2, 0) is 0 Å². The molecule has 3 aromatic heterocycles. The molecule has 3 aromatic rings. The highest BCUT2D eigenvalue weighted by Crippen LogP contribution is 2.28. The lowest BCUT2D eigenvalue weighted by atomic mass is 10.1. The highest BCUT2D eigenvalue weighted by molar-refractivity contribution is 9.10. The van der Waals surface area contributed by atoms with Gasteiger partial charge in [0.25, 0.3) is 0 Å². The summed E-state index contributed by atoms with van der Waals surface area (Å²) in [5.74, 6) is 2.05. The Balaban J connectivity index is 1.42. The standard InChI is InChI=1S/C22H22BrN7/c1-14(2)16-5-6-17(27-16)15-4-3-9-29(12-15)20-7-8-24-22(28-20)18-10-26-21-11-25-19(23)13-30(18)21/h4,6-8,10-11,13-14H,3,5,9,12H2,1-2H3. The summed E-state index contributed by atoms with van der Waals surface area (Å²) in [4.78, 5) is 25.2. The molecule has 0 spiro atoms. The number of allylic oxidation sites excluding steroid dienone is 1. The Labute approximate surface area is 183 Å². The first-order chi connectivity index (χ1) is 14.6. The third-order valence-corrected chi connectivity index (χ3v) is 5.88. The van der Waals surface area contributed by atoms with Gasteiger partial charge in [-0.25, -0.2) is 19.9 Å². The molecule has 30 heavy (non-hydrogen) atoms. The Hall–Kier alpha value is -2.87. The van der Waals surface area contributed by atoms with E-state index in [0.29, 0.717) is 11.7 Å². The molecular formula is C22H22BrN7. The molecule has 0 saturated carbocycles. The van der Waals surface area contributed by atoms with Crippen molar-refractivity contribution >= 4 is 33.1 Å². The smallest absolute Gasteiger partial charge is 0.180 e. The average molecular weight is 464 g/mol. The fourth-order valence-corrected chi connectivity index (χ4v) is 4.13. The Bertz CT molecular complexity index is 1210. The van der Waals surface area contributed by atoms with Crippen LogP contribution in [0.4, 0.5) is 5.82 Å². The summed E-state index contributed by atoms with van der Waals surface area (Å²) < 4.78 is 2.69. The van der Waals surface area contributed by atoms with Gasteiger partial charge in [0.1, 0.15) is 16.1 Å². The normalized spacial score (nSPS) is 16.8. The minimum Gasteiger partial charge on any atom is -0.352 e. The lowest BCUT2D eigenvalue weighted by molar-refractivity contribution is 0.778. The van der Waals surface area contributed by atoms with Crippen LogP contribution in [0, 0.1) is 5.92 Å². The van der Waals surface area contributed by atoms with Crippen molar-refractivity contribution in [2.45, 2.75) is 26.7 Å². The molecule has 2 aliphatic heterocycles. The molecule has 0 fully saturated rings. The number of nitrogens with zero attached hydrogens (tertiary/aromatic N) is 7. The number of aliphatic imine (C=N–C) groups is 1. The average Bonchev–Trinajstić information content (AvgIpc) is 3.41. The van der Waals surface area contributed by atoms with Gasteiger partial charge in [0.05, 0.1) is 18.1 Å². The van der Waals surface area contributed by atoms with Gasteiger partial charge in [0.15, 0.2) is 11.5 Å². The molecule has 5 heterocycles. The monoisotopic (exact) mass is 463 g/mol. The van der Waals surface area contributed by atoms with Crippen LogP contribution in [0.3, 0.4) is 0 Å². The van der Waals surface area contributed by atoms with E-state index in [0.717, 1.165) is 53.4 Å². The molecule has 0 unspecified atom stereocenters. The van der Waals surface area contributed by atoms with Crippen LogP contribution in [0.2, 0.25) is 0 Å². The Morgan fingerprint density at radius 1 is 1.10 bits per heavy atom. The third kappa shape index (κ3) is 3.56. The summed E-state index contributed by atoms with van der Waals surface area (Å²) in [7, 11) is 0. The first-order valence-corrected chi connectivity index (χ1v) is 10.9. The van der Waals surface area contributed by atoms with Gasteiger partial charge in [-0.1, -0.05) is 26.0 Å². The van der Waals surface area contributed by atoms with Crippen LogP contribution in [0.15, 0.2) is 63.9 Å². The van der Waals surface area contributed by atoms with Crippen LogP contribution < -0.4 is 4.90 Å². The van der Waals surface area contributed by atoms with Crippen molar-refractivity contribution in [1.82, 2.24) is 24.3 Å². The zero-order valence-corrected chi connectivity index (χ0v) is 18.5. The maximum Gasteiger partial charge on any atom is 0.180 e. The molecule has 5 rings (SSSR count). The van der Waals surface area contributed by atoms with Gasteiger partial charge in [-0.2, -0.15) is 0 Å². The molecule has 0 bridgehead atoms. The molecule has 152 valence electrons. The van der Waals surface area contributed by atoms with Crippen LogP contribution in [0.25, 0.3) is 17.2 Å². The van der Waals surface area contributed by atoms with E-state index in [-0.39, 0.29) is 0 Å². The highest BCUT2D eigenvalue weighted by atomic mass is 79.9. The van der Waals surface area contributed by atoms with E-state index < -0.39 is 0 Å². The van der Waals surface area contributed by atoms with E-state index in [1.165, 1.54) is 11.3 Å². The predicted molar refractivity (Wildman–Crippen MR) is 122 cm³/mol. The number of fused-ring (bicyclic) bond motifs is 1. The lowest BCUT2D eigenvalue weighted by Crippen LogP contribution is -2.31. The fraction of sp³-hybridized carbons (Fsp3) is 0.318. The number of rotatable bonds is 4. The molecule has 7 nitrogen and oxygen atoms in total. The summed E-state index contributed by atoms with van der Waals surface area (Å²) in [5.41, 5.74) is 5.27. The SMILES string of the molecule is CC(C)C1=NC(C2=CCCN(c3ccnc(-c4cnc5cnc(Br)cn45)n3)C2)=CC1. The Morgan fingerprint density at radius 3 is 2.83 bits per heavy atom. The number of aromatic nitrogens is 5. The van der Waals surface area contributed by atoms with Gasteiger partial charge in [-0.05, 0) is 39.9 Å². The van der Waals surface area contributed by atoms with Crippen LogP contribution in [-0.4, -0.2) is 43.1 Å². The van der Waals surface area contributed by atoms with Crippen LogP contribution in [0.5, 0.6) is 0 Å². The second kappa shape index (κ2) is 7.75. The van der Waals surface area contributed by atoms with Crippen molar-refractivity contribution in [3.05, 3.63) is 58.9 Å². The van der Waals surface area contributed by atoms with Gasteiger partial charge in [0, 0.05) is 37.6 Å². The second-order valence-corrected chi connectivity index (χ2v) is 8.62. The molecule has 8 heteroatoms. The molecule has 0 aliphatic carbocycles. The largest absolute Gasteiger partial charge is 0.352 e. The van der Waals surface area contributed by atoms with E-state index in [9.17, 15) is 0 Å². The number of hydrogen-bond acceptors (Lipinski definition) is 6. The third-order valence-electron chi connectivity index (χ3n) is 5.47. The molecule has 0 amide bonds. The summed E-state index contributed by atoms with van der Waals surface area (Å²) in [6.45, 7) is 6.14. The molecule has 0 radical (unpaired) electrons.